The van der Waals surface area contributed by atoms with Gasteiger partial charge >= 0.3 is 0 Å². The first-order valence-corrected chi connectivity index (χ1v) is 8.89. The van der Waals surface area contributed by atoms with E-state index in [1.165, 1.54) is 16.8 Å². The van der Waals surface area contributed by atoms with E-state index in [-0.39, 0.29) is 0 Å². The summed E-state index contributed by atoms with van der Waals surface area (Å²) in [5.74, 6) is 0.912. The molecular formula is C21H24N3O+. The van der Waals surface area contributed by atoms with Crippen molar-refractivity contribution in [3.8, 4) is 5.75 Å². The number of nitrogens with one attached hydrogen (secondary N) is 1. The lowest BCUT2D eigenvalue weighted by atomic mass is 10.2. The molecule has 0 radical (unpaired) electrons. The molecule has 3 aromatic rings. The summed E-state index contributed by atoms with van der Waals surface area (Å²) in [6.07, 6.45) is 0. The topological polar surface area (TPSA) is 29.8 Å². The molecule has 4 nitrogen and oxygen atoms in total. The average Bonchev–Trinajstić information content (AvgIpc) is 2.69. The smallest absolute Gasteiger partial charge is 0.120 e. The Morgan fingerprint density at radius 2 is 1.72 bits per heavy atom. The number of aromatic nitrogens is 1. The Hall–Kier alpha value is -2.59. The van der Waals surface area contributed by atoms with Gasteiger partial charge in [0.15, 0.2) is 0 Å². The Labute approximate surface area is 148 Å². The summed E-state index contributed by atoms with van der Waals surface area (Å²) >= 11 is 0. The van der Waals surface area contributed by atoms with Crippen molar-refractivity contribution >= 4 is 16.6 Å². The number of fused-ring (bicyclic) bond motifs is 1. The normalized spacial score (nSPS) is 15.5. The van der Waals surface area contributed by atoms with Crippen LogP contribution in [-0.2, 0) is 6.54 Å². The Morgan fingerprint density at radius 3 is 2.48 bits per heavy atom. The van der Waals surface area contributed by atoms with E-state index in [0.717, 1.165) is 44.0 Å². The van der Waals surface area contributed by atoms with Crippen LogP contribution in [0.25, 0.3) is 10.9 Å². The third-order valence-corrected chi connectivity index (χ3v) is 5.00. The second kappa shape index (κ2) is 7.11. The molecule has 0 saturated carbocycles. The van der Waals surface area contributed by atoms with Gasteiger partial charge in [-0.15, -0.1) is 0 Å². The standard InChI is InChI=1S/C21H23N3O/c1-25-20-10-8-19(9-11-20)24-14-12-23(13-15-24)16-18-7-6-17-4-2-3-5-21(17)22-18/h2-11H,12-16H2,1H3/p+1. The lowest BCUT2D eigenvalue weighted by Gasteiger charge is -2.33. The maximum absolute atomic E-state index is 5.24. The zero-order chi connectivity index (χ0) is 17.1. The van der Waals surface area contributed by atoms with Crippen LogP contribution in [0.4, 0.5) is 5.69 Å². The molecule has 0 atom stereocenters. The number of anilines is 1. The van der Waals surface area contributed by atoms with E-state index in [0.29, 0.717) is 0 Å². The molecule has 1 fully saturated rings. The average molecular weight is 334 g/mol. The number of hydrogen-bond donors (Lipinski definition) is 1. The number of para-hydroxylation sites is 1. The minimum Gasteiger partial charge on any atom is -0.497 e. The van der Waals surface area contributed by atoms with Crippen molar-refractivity contribution in [1.82, 2.24) is 4.98 Å². The van der Waals surface area contributed by atoms with Crippen molar-refractivity contribution in [2.24, 2.45) is 0 Å². The fraction of sp³-hybridized carbons (Fsp3) is 0.286. The van der Waals surface area contributed by atoms with Gasteiger partial charge in [-0.25, -0.2) is 4.98 Å². The van der Waals surface area contributed by atoms with Crippen LogP contribution in [-0.4, -0.2) is 38.3 Å². The van der Waals surface area contributed by atoms with Gasteiger partial charge in [0.25, 0.3) is 0 Å². The van der Waals surface area contributed by atoms with Crippen molar-refractivity contribution in [1.29, 1.82) is 0 Å². The lowest BCUT2D eigenvalue weighted by molar-refractivity contribution is -0.914. The first-order valence-electron chi connectivity index (χ1n) is 8.89. The van der Waals surface area contributed by atoms with Crippen LogP contribution >= 0.6 is 0 Å². The van der Waals surface area contributed by atoms with Crippen LogP contribution in [0.2, 0.25) is 0 Å². The predicted octanol–water partition coefficient (Wildman–Crippen LogP) is 2.15. The number of benzene rings is 2. The summed E-state index contributed by atoms with van der Waals surface area (Å²) in [6, 6.07) is 21.1. The highest BCUT2D eigenvalue weighted by molar-refractivity contribution is 5.78. The van der Waals surface area contributed by atoms with Crippen LogP contribution in [0.1, 0.15) is 5.69 Å². The van der Waals surface area contributed by atoms with E-state index < -0.39 is 0 Å². The van der Waals surface area contributed by atoms with Crippen LogP contribution in [0.3, 0.4) is 0 Å². The fourth-order valence-corrected chi connectivity index (χ4v) is 3.51. The lowest BCUT2D eigenvalue weighted by Crippen LogP contribution is -3.13. The maximum atomic E-state index is 5.24. The second-order valence-electron chi connectivity index (χ2n) is 6.61. The summed E-state index contributed by atoms with van der Waals surface area (Å²) in [5.41, 5.74) is 3.56. The fourth-order valence-electron chi connectivity index (χ4n) is 3.51. The first kappa shape index (κ1) is 15.9. The summed E-state index contributed by atoms with van der Waals surface area (Å²) in [6.45, 7) is 5.44. The SMILES string of the molecule is COc1ccc(N2CC[NH+](Cc3ccc4ccccc4n3)CC2)cc1. The highest BCUT2D eigenvalue weighted by Gasteiger charge is 2.20. The van der Waals surface area contributed by atoms with Crippen molar-refractivity contribution in [2.75, 3.05) is 38.2 Å². The summed E-state index contributed by atoms with van der Waals surface area (Å²) < 4.78 is 5.24. The zero-order valence-electron chi connectivity index (χ0n) is 14.6. The summed E-state index contributed by atoms with van der Waals surface area (Å²) in [4.78, 5) is 8.88. The van der Waals surface area contributed by atoms with E-state index in [4.69, 9.17) is 9.72 Å². The molecule has 0 bridgehead atoms. The van der Waals surface area contributed by atoms with Gasteiger partial charge in [0.1, 0.15) is 12.3 Å². The van der Waals surface area contributed by atoms with Crippen LogP contribution < -0.4 is 14.5 Å². The Bertz CT molecular complexity index is 839. The molecule has 1 aliphatic rings. The second-order valence-corrected chi connectivity index (χ2v) is 6.61. The molecule has 1 N–H and O–H groups in total. The number of quaternary nitrogens is 1. The third kappa shape index (κ3) is 3.59. The van der Waals surface area contributed by atoms with Gasteiger partial charge in [0.2, 0.25) is 0 Å². The van der Waals surface area contributed by atoms with Crippen molar-refractivity contribution in [3.63, 3.8) is 0 Å². The first-order chi connectivity index (χ1) is 12.3. The molecule has 0 aliphatic carbocycles. The van der Waals surface area contributed by atoms with Crippen molar-refractivity contribution < 1.29 is 9.64 Å². The maximum Gasteiger partial charge on any atom is 0.120 e. The Balaban J connectivity index is 1.37. The molecule has 1 aliphatic heterocycles. The van der Waals surface area contributed by atoms with Crippen LogP contribution in [0, 0.1) is 0 Å². The van der Waals surface area contributed by atoms with E-state index in [9.17, 15) is 0 Å². The predicted molar refractivity (Wildman–Crippen MR) is 101 cm³/mol. The van der Waals surface area contributed by atoms with Gasteiger partial charge in [0.05, 0.1) is 44.5 Å². The van der Waals surface area contributed by atoms with Gasteiger partial charge in [-0.2, -0.15) is 0 Å². The number of methoxy groups -OCH3 is 1. The number of nitrogens with zero attached hydrogens (tertiary/aromatic N) is 2. The number of piperazine rings is 1. The molecule has 4 rings (SSSR count). The zero-order valence-corrected chi connectivity index (χ0v) is 14.6. The summed E-state index contributed by atoms with van der Waals surface area (Å²) in [5, 5.41) is 1.21. The number of rotatable bonds is 4. The number of ether oxygens (including phenoxy) is 1. The van der Waals surface area contributed by atoms with Gasteiger partial charge < -0.3 is 14.5 Å². The molecule has 1 saturated heterocycles. The molecule has 2 heterocycles. The van der Waals surface area contributed by atoms with Gasteiger partial charge in [0, 0.05) is 11.1 Å². The molecule has 128 valence electrons. The van der Waals surface area contributed by atoms with Crippen LogP contribution in [0.5, 0.6) is 5.75 Å². The quantitative estimate of drug-likeness (QED) is 0.793. The van der Waals surface area contributed by atoms with E-state index in [1.807, 2.05) is 12.1 Å². The van der Waals surface area contributed by atoms with E-state index in [2.05, 4.69) is 53.4 Å². The highest BCUT2D eigenvalue weighted by atomic mass is 16.5. The van der Waals surface area contributed by atoms with Gasteiger partial charge in [-0.3, -0.25) is 0 Å². The van der Waals surface area contributed by atoms with Crippen molar-refractivity contribution in [3.05, 3.63) is 66.4 Å². The Morgan fingerprint density at radius 1 is 0.960 bits per heavy atom. The monoisotopic (exact) mass is 334 g/mol. The molecule has 0 spiro atoms. The van der Waals surface area contributed by atoms with Gasteiger partial charge in [-0.1, -0.05) is 24.3 Å². The number of pyridine rings is 1. The molecule has 25 heavy (non-hydrogen) atoms. The third-order valence-electron chi connectivity index (χ3n) is 5.00. The number of hydrogen-bond acceptors (Lipinski definition) is 3. The summed E-state index contributed by atoms with van der Waals surface area (Å²) in [7, 11) is 1.71. The highest BCUT2D eigenvalue weighted by Crippen LogP contribution is 2.19. The van der Waals surface area contributed by atoms with E-state index >= 15 is 0 Å². The van der Waals surface area contributed by atoms with Gasteiger partial charge in [-0.05, 0) is 36.4 Å². The molecular weight excluding hydrogens is 310 g/mol. The molecule has 2 aromatic carbocycles. The molecule has 4 heteroatoms. The minimum absolute atomic E-state index is 0.912. The molecule has 0 unspecified atom stereocenters. The Kier molecular flexibility index (Phi) is 4.53. The molecule has 0 amide bonds. The molecule has 1 aromatic heterocycles. The minimum atomic E-state index is 0.912. The van der Waals surface area contributed by atoms with E-state index in [1.54, 1.807) is 12.0 Å². The van der Waals surface area contributed by atoms with Crippen LogP contribution in [0.15, 0.2) is 60.7 Å². The largest absolute Gasteiger partial charge is 0.497 e. The van der Waals surface area contributed by atoms with Crippen molar-refractivity contribution in [2.45, 2.75) is 6.54 Å².